The highest BCUT2D eigenvalue weighted by Crippen LogP contribution is 2.43. The molecule has 0 radical (unpaired) electrons. The molecule has 0 saturated heterocycles. The van der Waals surface area contributed by atoms with Gasteiger partial charge in [0.2, 0.25) is 0 Å². The fourth-order valence-corrected chi connectivity index (χ4v) is 10.8. The van der Waals surface area contributed by atoms with Crippen molar-refractivity contribution in [2.45, 2.75) is 27.7 Å². The van der Waals surface area contributed by atoms with E-state index in [-0.39, 0.29) is 0 Å². The molecule has 0 spiro atoms. The van der Waals surface area contributed by atoms with Crippen LogP contribution in [-0.4, -0.2) is 11.2 Å². The second kappa shape index (κ2) is 17.4. The molecule has 0 aliphatic heterocycles. The summed E-state index contributed by atoms with van der Waals surface area (Å²) in [6.45, 7) is 8.61. The van der Waals surface area contributed by atoms with Crippen LogP contribution >= 0.6 is 15.8 Å². The van der Waals surface area contributed by atoms with Gasteiger partial charge in [0.1, 0.15) is 11.2 Å². The highest BCUT2D eigenvalue weighted by Gasteiger charge is 2.25. The number of hydrogen-bond acceptors (Lipinski definition) is 2. The first-order valence-corrected chi connectivity index (χ1v) is 20.9. The second-order valence-corrected chi connectivity index (χ2v) is 17.4. The summed E-state index contributed by atoms with van der Waals surface area (Å²) in [5.41, 5.74) is 10.2. The first-order chi connectivity index (χ1) is 26.5. The zero-order chi connectivity index (χ0) is 37.3. The van der Waals surface area contributed by atoms with Crippen LogP contribution in [0, 0.1) is 27.7 Å². The van der Waals surface area contributed by atoms with Crippen molar-refractivity contribution in [3.05, 3.63) is 204 Å². The standard InChI is InChI=1S/C48H44N4P2/c1-35-21-19-22-36(2)45(35)51-47(53(39-25-9-5-10-26-39)40-27-11-6-12-28-40)49-43-33-17-18-34-44(43)50-48(52-46-37(3)23-20-24-38(46)4)54(41-29-13-7-14-30-41)42-31-15-8-16-32-42/h5-34H,1-4H3,(H,49,51)(H,50,52). The topological polar surface area (TPSA) is 48.8 Å². The number of aliphatic imine (C=N–C) groups is 2. The summed E-state index contributed by atoms with van der Waals surface area (Å²) in [6, 6.07) is 64.0. The molecule has 54 heavy (non-hydrogen) atoms. The first-order valence-electron chi connectivity index (χ1n) is 18.2. The van der Waals surface area contributed by atoms with Gasteiger partial charge in [-0.1, -0.05) is 170 Å². The Morgan fingerprint density at radius 2 is 0.593 bits per heavy atom. The molecule has 0 aliphatic rings. The first kappa shape index (κ1) is 36.7. The Balaban J connectivity index is 1.46. The Hall–Kier alpha value is -5.66. The van der Waals surface area contributed by atoms with E-state index in [1.165, 1.54) is 43.5 Å². The van der Waals surface area contributed by atoms with Crippen molar-refractivity contribution >= 4 is 71.0 Å². The normalized spacial score (nSPS) is 11.9. The number of amidine groups is 2. The van der Waals surface area contributed by atoms with Crippen LogP contribution in [0.1, 0.15) is 22.3 Å². The maximum absolute atomic E-state index is 5.60. The van der Waals surface area contributed by atoms with Crippen molar-refractivity contribution in [3.8, 4) is 0 Å². The van der Waals surface area contributed by atoms with E-state index < -0.39 is 15.8 Å². The van der Waals surface area contributed by atoms with Crippen LogP contribution in [0.15, 0.2) is 192 Å². The Morgan fingerprint density at radius 3 is 0.870 bits per heavy atom. The Bertz CT molecular complexity index is 2090. The lowest BCUT2D eigenvalue weighted by Crippen LogP contribution is -2.24. The molecule has 0 amide bonds. The molecule has 6 heteroatoms. The zero-order valence-corrected chi connectivity index (χ0v) is 32.9. The molecule has 0 heterocycles. The van der Waals surface area contributed by atoms with Gasteiger partial charge in [0.15, 0.2) is 0 Å². The SMILES string of the molecule is Cc1cccc(C)c1NC(=Nc1ccccc1N=C(Nc1c(C)cccc1C)P(c1ccccc1)c1ccccc1)P(c1ccccc1)c1ccccc1. The fraction of sp³-hybridized carbons (Fsp3) is 0.0833. The minimum Gasteiger partial charge on any atom is -0.339 e. The summed E-state index contributed by atoms with van der Waals surface area (Å²) in [6.07, 6.45) is 0. The van der Waals surface area contributed by atoms with Crippen molar-refractivity contribution in [2.75, 3.05) is 10.6 Å². The highest BCUT2D eigenvalue weighted by molar-refractivity contribution is 7.88. The number of nitrogens with one attached hydrogen (secondary N) is 2. The summed E-state index contributed by atoms with van der Waals surface area (Å²) >= 11 is 0. The molecule has 0 fully saturated rings. The number of hydrogen-bond donors (Lipinski definition) is 2. The van der Waals surface area contributed by atoms with Gasteiger partial charge in [0.25, 0.3) is 0 Å². The zero-order valence-electron chi connectivity index (χ0n) is 31.1. The molecule has 266 valence electrons. The molecular formula is C48H44N4P2. The summed E-state index contributed by atoms with van der Waals surface area (Å²) in [7, 11) is -2.15. The average molecular weight is 739 g/mol. The number of aryl methyl sites for hydroxylation is 4. The van der Waals surface area contributed by atoms with Gasteiger partial charge in [-0.05, 0) is 83.3 Å². The van der Waals surface area contributed by atoms with E-state index >= 15 is 0 Å². The monoisotopic (exact) mass is 738 g/mol. The van der Waals surface area contributed by atoms with Crippen molar-refractivity contribution < 1.29 is 0 Å². The average Bonchev–Trinajstić information content (AvgIpc) is 3.20. The van der Waals surface area contributed by atoms with E-state index in [9.17, 15) is 0 Å². The largest absolute Gasteiger partial charge is 0.339 e. The third kappa shape index (κ3) is 8.58. The van der Waals surface area contributed by atoms with Crippen LogP contribution < -0.4 is 31.9 Å². The number of para-hydroxylation sites is 4. The summed E-state index contributed by atoms with van der Waals surface area (Å²) < 4.78 is 0. The maximum atomic E-state index is 5.60. The van der Waals surface area contributed by atoms with E-state index in [1.807, 2.05) is 0 Å². The van der Waals surface area contributed by atoms with Crippen LogP contribution in [0.2, 0.25) is 0 Å². The summed E-state index contributed by atoms with van der Waals surface area (Å²) in [4.78, 5) is 11.2. The van der Waals surface area contributed by atoms with Gasteiger partial charge < -0.3 is 10.6 Å². The lowest BCUT2D eigenvalue weighted by atomic mass is 10.1. The Kier molecular flexibility index (Phi) is 11.9. The summed E-state index contributed by atoms with van der Waals surface area (Å²) in [5.74, 6) is 0. The smallest absolute Gasteiger partial charge is 0.139 e. The van der Waals surface area contributed by atoms with Crippen molar-refractivity contribution in [1.29, 1.82) is 0 Å². The van der Waals surface area contributed by atoms with Gasteiger partial charge in [-0.25, -0.2) is 9.98 Å². The van der Waals surface area contributed by atoms with Crippen LogP contribution in [0.4, 0.5) is 22.7 Å². The lowest BCUT2D eigenvalue weighted by molar-refractivity contribution is 1.36. The quantitative estimate of drug-likeness (QED) is 0.0834. The maximum Gasteiger partial charge on any atom is 0.139 e. The molecule has 7 aromatic rings. The van der Waals surface area contributed by atoms with Crippen LogP contribution in [0.25, 0.3) is 0 Å². The van der Waals surface area contributed by atoms with E-state index in [4.69, 9.17) is 9.98 Å². The van der Waals surface area contributed by atoms with Gasteiger partial charge in [-0.2, -0.15) is 0 Å². The van der Waals surface area contributed by atoms with Crippen molar-refractivity contribution in [1.82, 2.24) is 0 Å². The number of anilines is 2. The minimum absolute atomic E-state index is 0.794. The lowest BCUT2D eigenvalue weighted by Gasteiger charge is -2.25. The Labute approximate surface area is 322 Å². The molecule has 0 atom stereocenters. The molecule has 4 nitrogen and oxygen atoms in total. The van der Waals surface area contributed by atoms with Crippen LogP contribution in [0.3, 0.4) is 0 Å². The predicted octanol–water partition coefficient (Wildman–Crippen LogP) is 11.4. The Morgan fingerprint density at radius 1 is 0.333 bits per heavy atom. The van der Waals surface area contributed by atoms with E-state index in [1.54, 1.807) is 0 Å². The predicted molar refractivity (Wildman–Crippen MR) is 238 cm³/mol. The van der Waals surface area contributed by atoms with E-state index in [2.05, 4.69) is 220 Å². The van der Waals surface area contributed by atoms with Gasteiger partial charge in [-0.3, -0.25) is 0 Å². The minimum atomic E-state index is -1.07. The van der Waals surface area contributed by atoms with Gasteiger partial charge in [0.05, 0.1) is 11.4 Å². The van der Waals surface area contributed by atoms with Crippen LogP contribution in [0.5, 0.6) is 0 Å². The molecule has 0 unspecified atom stereocenters. The second-order valence-electron chi connectivity index (χ2n) is 13.2. The van der Waals surface area contributed by atoms with Gasteiger partial charge in [-0.15, -0.1) is 0 Å². The molecule has 0 saturated carbocycles. The van der Waals surface area contributed by atoms with E-state index in [0.717, 1.165) is 33.9 Å². The molecule has 7 aromatic carbocycles. The molecule has 0 bridgehead atoms. The van der Waals surface area contributed by atoms with Crippen molar-refractivity contribution in [2.24, 2.45) is 9.98 Å². The molecule has 7 rings (SSSR count). The molecule has 2 N–H and O–H groups in total. The fourth-order valence-electron chi connectivity index (χ4n) is 6.49. The summed E-state index contributed by atoms with van der Waals surface area (Å²) in [5, 5.41) is 12.6. The van der Waals surface area contributed by atoms with Crippen LogP contribution in [-0.2, 0) is 0 Å². The number of nitrogens with zero attached hydrogens (tertiary/aromatic N) is 2. The third-order valence-corrected chi connectivity index (χ3v) is 13.8. The molecule has 0 aliphatic carbocycles. The molecular weight excluding hydrogens is 695 g/mol. The third-order valence-electron chi connectivity index (χ3n) is 9.25. The number of benzene rings is 7. The van der Waals surface area contributed by atoms with Crippen molar-refractivity contribution in [3.63, 3.8) is 0 Å². The van der Waals surface area contributed by atoms with Gasteiger partial charge in [0, 0.05) is 27.2 Å². The van der Waals surface area contributed by atoms with Gasteiger partial charge >= 0.3 is 0 Å². The van der Waals surface area contributed by atoms with E-state index in [0.29, 0.717) is 0 Å². The number of rotatable bonds is 10. The highest BCUT2D eigenvalue weighted by atomic mass is 31.1. The molecule has 0 aromatic heterocycles.